The minimum absolute atomic E-state index is 0.0791. The summed E-state index contributed by atoms with van der Waals surface area (Å²) in [4.78, 5) is 0. The Morgan fingerprint density at radius 1 is 1.40 bits per heavy atom. The van der Waals surface area contributed by atoms with Crippen LogP contribution >= 0.6 is 11.6 Å². The van der Waals surface area contributed by atoms with Gasteiger partial charge in [-0.3, -0.25) is 0 Å². The van der Waals surface area contributed by atoms with E-state index < -0.39 is 0 Å². The van der Waals surface area contributed by atoms with Gasteiger partial charge in [-0.1, -0.05) is 36.9 Å². The Labute approximate surface area is 96.7 Å². The molecule has 0 saturated heterocycles. The van der Waals surface area contributed by atoms with Gasteiger partial charge in [-0.2, -0.15) is 0 Å². The average Bonchev–Trinajstić information content (AvgIpc) is 2.27. The van der Waals surface area contributed by atoms with Gasteiger partial charge in [0, 0.05) is 7.11 Å². The Kier molecular flexibility index (Phi) is 5.44. The fourth-order valence-electron chi connectivity index (χ4n) is 1.41. The summed E-state index contributed by atoms with van der Waals surface area (Å²) >= 11 is 6.05. The lowest BCUT2D eigenvalue weighted by molar-refractivity contribution is 0.196. The molecule has 1 rings (SSSR count). The van der Waals surface area contributed by atoms with E-state index in [-0.39, 0.29) is 5.38 Å². The summed E-state index contributed by atoms with van der Waals surface area (Å²) < 4.78 is 4.98. The SMILES string of the molecule is C=C(CCC(Cl)COC)c1ccccc1. The zero-order valence-electron chi connectivity index (χ0n) is 9.08. The summed E-state index contributed by atoms with van der Waals surface area (Å²) in [7, 11) is 1.67. The normalized spacial score (nSPS) is 12.4. The molecule has 0 aliphatic carbocycles. The molecule has 15 heavy (non-hydrogen) atoms. The van der Waals surface area contributed by atoms with Crippen molar-refractivity contribution in [2.45, 2.75) is 18.2 Å². The van der Waals surface area contributed by atoms with E-state index in [2.05, 4.69) is 18.7 Å². The standard InChI is InChI=1S/C13H17ClO/c1-11(8-9-13(14)10-15-2)12-6-4-3-5-7-12/h3-7,13H,1,8-10H2,2H3. The zero-order valence-corrected chi connectivity index (χ0v) is 9.83. The van der Waals surface area contributed by atoms with Crippen molar-refractivity contribution in [3.05, 3.63) is 42.5 Å². The maximum atomic E-state index is 6.05. The highest BCUT2D eigenvalue weighted by molar-refractivity contribution is 6.20. The van der Waals surface area contributed by atoms with Crippen molar-refractivity contribution in [1.29, 1.82) is 0 Å². The lowest BCUT2D eigenvalue weighted by atomic mass is 10.0. The number of alkyl halides is 1. The molecule has 1 aromatic carbocycles. The van der Waals surface area contributed by atoms with E-state index in [1.54, 1.807) is 7.11 Å². The molecule has 0 aromatic heterocycles. The van der Waals surface area contributed by atoms with Gasteiger partial charge in [0.05, 0.1) is 12.0 Å². The number of ether oxygens (including phenoxy) is 1. The molecule has 1 nitrogen and oxygen atoms in total. The Morgan fingerprint density at radius 3 is 2.67 bits per heavy atom. The zero-order chi connectivity index (χ0) is 11.1. The van der Waals surface area contributed by atoms with Crippen LogP contribution in [-0.4, -0.2) is 19.1 Å². The minimum Gasteiger partial charge on any atom is -0.383 e. The summed E-state index contributed by atoms with van der Waals surface area (Å²) in [6.45, 7) is 4.66. The maximum absolute atomic E-state index is 6.05. The quantitative estimate of drug-likeness (QED) is 0.669. The average molecular weight is 225 g/mol. The monoisotopic (exact) mass is 224 g/mol. The van der Waals surface area contributed by atoms with Gasteiger partial charge in [0.15, 0.2) is 0 Å². The van der Waals surface area contributed by atoms with E-state index in [0.717, 1.165) is 18.4 Å². The van der Waals surface area contributed by atoms with Gasteiger partial charge in [0.25, 0.3) is 0 Å². The first-order valence-electron chi connectivity index (χ1n) is 5.10. The molecule has 0 N–H and O–H groups in total. The van der Waals surface area contributed by atoms with Crippen LogP contribution in [0.15, 0.2) is 36.9 Å². The van der Waals surface area contributed by atoms with Crippen LogP contribution < -0.4 is 0 Å². The van der Waals surface area contributed by atoms with Gasteiger partial charge in [-0.05, 0) is 24.0 Å². The molecule has 0 fully saturated rings. The van der Waals surface area contributed by atoms with E-state index in [1.165, 1.54) is 5.56 Å². The van der Waals surface area contributed by atoms with Crippen LogP contribution in [0.25, 0.3) is 5.57 Å². The van der Waals surface area contributed by atoms with Crippen LogP contribution in [0.5, 0.6) is 0 Å². The predicted molar refractivity (Wildman–Crippen MR) is 66.2 cm³/mol. The van der Waals surface area contributed by atoms with Crippen LogP contribution in [0.3, 0.4) is 0 Å². The van der Waals surface area contributed by atoms with E-state index in [4.69, 9.17) is 16.3 Å². The Bertz CT molecular complexity index is 295. The molecule has 0 heterocycles. The van der Waals surface area contributed by atoms with Gasteiger partial charge >= 0.3 is 0 Å². The number of halogens is 1. The smallest absolute Gasteiger partial charge is 0.0626 e. The van der Waals surface area contributed by atoms with Crippen LogP contribution in [0.2, 0.25) is 0 Å². The fourth-order valence-corrected chi connectivity index (χ4v) is 1.65. The Hall–Kier alpha value is -0.790. The summed E-state index contributed by atoms with van der Waals surface area (Å²) in [6.07, 6.45) is 1.82. The van der Waals surface area contributed by atoms with E-state index in [9.17, 15) is 0 Å². The van der Waals surface area contributed by atoms with E-state index in [0.29, 0.717) is 6.61 Å². The third-order valence-corrected chi connectivity index (χ3v) is 2.63. The minimum atomic E-state index is 0.0791. The molecule has 0 spiro atoms. The molecular weight excluding hydrogens is 208 g/mol. The van der Waals surface area contributed by atoms with E-state index in [1.807, 2.05) is 18.2 Å². The molecule has 0 bridgehead atoms. The van der Waals surface area contributed by atoms with Crippen molar-refractivity contribution >= 4 is 17.2 Å². The van der Waals surface area contributed by atoms with Crippen molar-refractivity contribution in [1.82, 2.24) is 0 Å². The van der Waals surface area contributed by atoms with Crippen LogP contribution in [0, 0.1) is 0 Å². The lowest BCUT2D eigenvalue weighted by Crippen LogP contribution is -2.06. The molecule has 82 valence electrons. The highest BCUT2D eigenvalue weighted by atomic mass is 35.5. The summed E-state index contributed by atoms with van der Waals surface area (Å²) in [5, 5.41) is 0.0791. The third-order valence-electron chi connectivity index (χ3n) is 2.29. The Morgan fingerprint density at radius 2 is 2.07 bits per heavy atom. The van der Waals surface area contributed by atoms with Crippen molar-refractivity contribution in [2.24, 2.45) is 0 Å². The lowest BCUT2D eigenvalue weighted by Gasteiger charge is -2.09. The number of allylic oxidation sites excluding steroid dienone is 1. The van der Waals surface area contributed by atoms with Gasteiger partial charge in [0.2, 0.25) is 0 Å². The molecule has 1 aromatic rings. The number of hydrogen-bond donors (Lipinski definition) is 0. The third kappa shape index (κ3) is 4.50. The van der Waals surface area contributed by atoms with Crippen LogP contribution in [-0.2, 0) is 4.74 Å². The highest BCUT2D eigenvalue weighted by Gasteiger charge is 2.05. The molecule has 1 unspecified atom stereocenters. The highest BCUT2D eigenvalue weighted by Crippen LogP contribution is 2.19. The Balaban J connectivity index is 2.37. The topological polar surface area (TPSA) is 9.23 Å². The second-order valence-electron chi connectivity index (χ2n) is 3.56. The van der Waals surface area contributed by atoms with Crippen molar-refractivity contribution in [3.8, 4) is 0 Å². The maximum Gasteiger partial charge on any atom is 0.0626 e. The number of methoxy groups -OCH3 is 1. The number of benzene rings is 1. The second-order valence-corrected chi connectivity index (χ2v) is 4.18. The van der Waals surface area contributed by atoms with Gasteiger partial charge < -0.3 is 4.74 Å². The van der Waals surface area contributed by atoms with Gasteiger partial charge in [0.1, 0.15) is 0 Å². The molecule has 0 aliphatic rings. The molecule has 0 aliphatic heterocycles. The predicted octanol–water partition coefficient (Wildman–Crippen LogP) is 3.73. The molecule has 1 atom stereocenters. The summed E-state index contributed by atoms with van der Waals surface area (Å²) in [5.41, 5.74) is 2.33. The van der Waals surface area contributed by atoms with E-state index >= 15 is 0 Å². The van der Waals surface area contributed by atoms with Crippen LogP contribution in [0.4, 0.5) is 0 Å². The molecule has 0 amide bonds. The summed E-state index contributed by atoms with van der Waals surface area (Å²) in [6, 6.07) is 10.2. The van der Waals surface area contributed by atoms with Crippen LogP contribution in [0.1, 0.15) is 18.4 Å². The molecule has 0 saturated carbocycles. The van der Waals surface area contributed by atoms with Gasteiger partial charge in [-0.15, -0.1) is 11.6 Å². The summed E-state index contributed by atoms with van der Waals surface area (Å²) in [5.74, 6) is 0. The molecular formula is C13H17ClO. The first-order chi connectivity index (χ1) is 7.24. The second kappa shape index (κ2) is 6.65. The number of rotatable bonds is 6. The number of hydrogen-bond acceptors (Lipinski definition) is 1. The van der Waals surface area contributed by atoms with Gasteiger partial charge in [-0.25, -0.2) is 0 Å². The van der Waals surface area contributed by atoms with Crippen molar-refractivity contribution in [2.75, 3.05) is 13.7 Å². The molecule has 0 radical (unpaired) electrons. The fraction of sp³-hybridized carbons (Fsp3) is 0.385. The first-order valence-corrected chi connectivity index (χ1v) is 5.54. The first kappa shape index (κ1) is 12.3. The molecule has 2 heteroatoms. The van der Waals surface area contributed by atoms with Crippen molar-refractivity contribution < 1.29 is 4.74 Å². The van der Waals surface area contributed by atoms with Crippen molar-refractivity contribution in [3.63, 3.8) is 0 Å². The largest absolute Gasteiger partial charge is 0.383 e.